The molecule has 3 aliphatic heterocycles. The Labute approximate surface area is 313 Å². The predicted octanol–water partition coefficient (Wildman–Crippen LogP) is 3.57. The Morgan fingerprint density at radius 2 is 1.60 bits per heavy atom. The van der Waals surface area contributed by atoms with Gasteiger partial charge in [0.25, 0.3) is 5.91 Å². The van der Waals surface area contributed by atoms with E-state index in [4.69, 9.17) is 10.5 Å². The van der Waals surface area contributed by atoms with E-state index in [2.05, 4.69) is 40.2 Å². The number of nitrogens with one attached hydrogen (secondary N) is 3. The van der Waals surface area contributed by atoms with Crippen molar-refractivity contribution in [3.63, 3.8) is 0 Å². The first-order chi connectivity index (χ1) is 25.6. The van der Waals surface area contributed by atoms with Crippen LogP contribution in [0.3, 0.4) is 0 Å². The molecule has 0 aliphatic carbocycles. The Morgan fingerprint density at radius 1 is 0.868 bits per heavy atom. The molecule has 3 aliphatic rings. The molecule has 12 heteroatoms. The monoisotopic (exact) mass is 730 g/mol. The number of carbonyl (C=O) groups is 5. The van der Waals surface area contributed by atoms with Crippen LogP contribution < -0.4 is 26.4 Å². The zero-order valence-corrected chi connectivity index (χ0v) is 31.4. The van der Waals surface area contributed by atoms with Crippen molar-refractivity contribution in [2.75, 3.05) is 32.8 Å². The molecule has 0 radical (unpaired) electrons. The van der Waals surface area contributed by atoms with Crippen LogP contribution >= 0.6 is 0 Å². The van der Waals surface area contributed by atoms with Gasteiger partial charge in [-0.1, -0.05) is 56.3 Å². The first kappa shape index (κ1) is 39.8. The Hall–Kier alpha value is -4.45. The van der Waals surface area contributed by atoms with Crippen LogP contribution in [0.1, 0.15) is 94.0 Å². The number of amides is 5. The van der Waals surface area contributed by atoms with Crippen molar-refractivity contribution < 1.29 is 28.7 Å². The van der Waals surface area contributed by atoms with E-state index < -0.39 is 35.8 Å². The quantitative estimate of drug-likeness (QED) is 0.287. The van der Waals surface area contributed by atoms with Crippen LogP contribution in [-0.2, 0) is 25.6 Å². The second-order valence-corrected chi connectivity index (χ2v) is 15.1. The molecule has 0 spiro atoms. The molecule has 5 N–H and O–H groups in total. The van der Waals surface area contributed by atoms with Crippen LogP contribution in [0, 0.1) is 11.8 Å². The summed E-state index contributed by atoms with van der Waals surface area (Å²) in [5.74, 6) is -1.16. The van der Waals surface area contributed by atoms with Crippen molar-refractivity contribution in [3.05, 3.63) is 65.7 Å². The normalized spacial score (nSPS) is 23.9. The third-order valence-electron chi connectivity index (χ3n) is 10.9. The van der Waals surface area contributed by atoms with E-state index in [0.717, 1.165) is 32.1 Å². The lowest BCUT2D eigenvalue weighted by Crippen LogP contribution is -2.57. The van der Waals surface area contributed by atoms with Gasteiger partial charge in [-0.15, -0.1) is 0 Å². The maximum Gasteiger partial charge on any atom is 0.255 e. The molecule has 5 rings (SSSR count). The number of carbonyl (C=O) groups excluding carboxylic acids is 5. The minimum atomic E-state index is -0.956. The van der Waals surface area contributed by atoms with Crippen LogP contribution in [0.5, 0.6) is 5.75 Å². The molecule has 0 bridgehead atoms. The van der Waals surface area contributed by atoms with Gasteiger partial charge in [-0.2, -0.15) is 0 Å². The minimum absolute atomic E-state index is 0.0526. The van der Waals surface area contributed by atoms with Crippen molar-refractivity contribution >= 4 is 29.5 Å². The summed E-state index contributed by atoms with van der Waals surface area (Å²) >= 11 is 0. The molecule has 0 aromatic heterocycles. The second kappa shape index (κ2) is 19.6. The number of rotatable bonds is 9. The first-order valence-electron chi connectivity index (χ1n) is 19.6. The minimum Gasteiger partial charge on any atom is -0.491 e. The fourth-order valence-electron chi connectivity index (χ4n) is 7.70. The summed E-state index contributed by atoms with van der Waals surface area (Å²) in [5.41, 5.74) is 7.33. The second-order valence-electron chi connectivity index (χ2n) is 15.1. The fourth-order valence-corrected chi connectivity index (χ4v) is 7.70. The lowest BCUT2D eigenvalue weighted by Gasteiger charge is -2.34. The van der Waals surface area contributed by atoms with Crippen LogP contribution in [0.4, 0.5) is 0 Å². The number of benzene rings is 2. The zero-order valence-electron chi connectivity index (χ0n) is 31.4. The van der Waals surface area contributed by atoms with Gasteiger partial charge >= 0.3 is 0 Å². The lowest BCUT2D eigenvalue weighted by atomic mass is 9.90. The molecule has 0 saturated carbocycles. The Morgan fingerprint density at radius 3 is 2.34 bits per heavy atom. The number of ether oxygens (including phenoxy) is 1. The molecule has 4 atom stereocenters. The fraction of sp³-hybridized carbons (Fsp3) is 0.585. The average Bonchev–Trinajstić information content (AvgIpc) is 3.65. The van der Waals surface area contributed by atoms with Crippen molar-refractivity contribution in [2.24, 2.45) is 17.6 Å². The van der Waals surface area contributed by atoms with Gasteiger partial charge in [-0.3, -0.25) is 24.0 Å². The van der Waals surface area contributed by atoms with Gasteiger partial charge in [-0.05, 0) is 100 Å². The number of hydrogen-bond acceptors (Lipinski definition) is 7. The lowest BCUT2D eigenvalue weighted by molar-refractivity contribution is -0.139. The summed E-state index contributed by atoms with van der Waals surface area (Å²) in [5, 5.41) is 8.76. The number of piperidine rings is 1. The third kappa shape index (κ3) is 11.0. The van der Waals surface area contributed by atoms with E-state index >= 15 is 0 Å². The summed E-state index contributed by atoms with van der Waals surface area (Å²) in [6.45, 7) is 6.00. The van der Waals surface area contributed by atoms with Gasteiger partial charge < -0.3 is 36.2 Å². The van der Waals surface area contributed by atoms with Gasteiger partial charge in [0.1, 0.15) is 30.5 Å². The number of nitrogens with zero attached hydrogens (tertiary/aromatic N) is 2. The highest BCUT2D eigenvalue weighted by Crippen LogP contribution is 2.26. The summed E-state index contributed by atoms with van der Waals surface area (Å²) in [4.78, 5) is 72.7. The molecule has 2 saturated heterocycles. The number of fused-ring (bicyclic) bond motifs is 2. The smallest absolute Gasteiger partial charge is 0.255 e. The van der Waals surface area contributed by atoms with Crippen LogP contribution in [-0.4, -0.2) is 96.3 Å². The van der Waals surface area contributed by atoms with Crippen molar-refractivity contribution in [1.29, 1.82) is 0 Å². The summed E-state index contributed by atoms with van der Waals surface area (Å²) in [7, 11) is 0. The van der Waals surface area contributed by atoms with Gasteiger partial charge in [0, 0.05) is 26.1 Å². The van der Waals surface area contributed by atoms with E-state index in [1.807, 2.05) is 19.9 Å². The SMILES string of the molecule is CC(C)[C@H]1NC(=O)CC[C@@H](C(=O)N2CCC(CCc3ccccc3)CC2)NC(=O)c2ccccc2OC[C@H]2CCCN2C(=O)[C@H](CCCCN)NC1=O. The maximum atomic E-state index is 14.1. The van der Waals surface area contributed by atoms with E-state index in [1.165, 1.54) is 5.56 Å². The van der Waals surface area contributed by atoms with E-state index in [0.29, 0.717) is 63.5 Å². The number of para-hydroxylation sites is 1. The van der Waals surface area contributed by atoms with Gasteiger partial charge in [0.2, 0.25) is 23.6 Å². The van der Waals surface area contributed by atoms with E-state index in [9.17, 15) is 24.0 Å². The Bertz CT molecular complexity index is 1540. The van der Waals surface area contributed by atoms with Crippen LogP contribution in [0.25, 0.3) is 0 Å². The molecule has 5 amide bonds. The molecule has 2 aromatic rings. The van der Waals surface area contributed by atoms with Gasteiger partial charge in [0.15, 0.2) is 0 Å². The Kier molecular flexibility index (Phi) is 14.7. The number of likely N-dealkylation sites (tertiary alicyclic amines) is 1. The number of nitrogens with two attached hydrogens (primary N) is 1. The number of hydrogen-bond donors (Lipinski definition) is 4. The maximum absolute atomic E-state index is 14.1. The molecular weight excluding hydrogens is 672 g/mol. The van der Waals surface area contributed by atoms with E-state index in [-0.39, 0.29) is 48.8 Å². The van der Waals surface area contributed by atoms with Crippen molar-refractivity contribution in [2.45, 2.75) is 109 Å². The van der Waals surface area contributed by atoms with Crippen molar-refractivity contribution in [3.8, 4) is 5.75 Å². The molecule has 0 unspecified atom stereocenters. The van der Waals surface area contributed by atoms with Gasteiger partial charge in [0.05, 0.1) is 11.6 Å². The summed E-state index contributed by atoms with van der Waals surface area (Å²) < 4.78 is 6.25. The molecule has 53 heavy (non-hydrogen) atoms. The first-order valence-corrected chi connectivity index (χ1v) is 19.6. The molecule has 2 aromatic carbocycles. The van der Waals surface area contributed by atoms with Crippen LogP contribution in [0.15, 0.2) is 54.6 Å². The predicted molar refractivity (Wildman–Crippen MR) is 203 cm³/mol. The topological polar surface area (TPSA) is 163 Å². The van der Waals surface area contributed by atoms with Crippen LogP contribution in [0.2, 0.25) is 0 Å². The average molecular weight is 731 g/mol. The third-order valence-corrected chi connectivity index (χ3v) is 10.9. The molecule has 2 fully saturated rings. The molecule has 12 nitrogen and oxygen atoms in total. The summed E-state index contributed by atoms with van der Waals surface area (Å²) in [6.07, 6.45) is 7.03. The highest BCUT2D eigenvalue weighted by atomic mass is 16.5. The van der Waals surface area contributed by atoms with E-state index in [1.54, 1.807) is 34.1 Å². The number of aryl methyl sites for hydroxylation is 1. The molecular formula is C41H58N6O6. The van der Waals surface area contributed by atoms with Gasteiger partial charge in [-0.25, -0.2) is 0 Å². The Balaban J connectivity index is 1.35. The molecule has 3 heterocycles. The largest absolute Gasteiger partial charge is 0.491 e. The standard InChI is InChI=1S/C41H58N6O6/c1-28(2)37-39(50)44-33(15-8-9-23-42)41(52)47-24-10-13-31(47)27-53-35-16-7-6-14-32(35)38(49)43-34(19-20-36(48)45-37)40(51)46-25-21-30(22-26-46)18-17-29-11-4-3-5-12-29/h3-7,11-12,14,16,28,30-31,33-34,37H,8-10,13,15,17-27,42H2,1-2H3,(H,43,49)(H,44,50)(H,45,48)/t31-,33+,34+,37-/m1/s1. The van der Waals surface area contributed by atoms with Crippen molar-refractivity contribution in [1.82, 2.24) is 25.8 Å². The highest BCUT2D eigenvalue weighted by Gasteiger charge is 2.37. The zero-order chi connectivity index (χ0) is 37.7. The molecule has 288 valence electrons. The number of unbranched alkanes of at least 4 members (excludes halogenated alkanes) is 1. The summed E-state index contributed by atoms with van der Waals surface area (Å²) in [6, 6.07) is 14.4. The highest BCUT2D eigenvalue weighted by molar-refractivity contribution is 6.00.